The van der Waals surface area contributed by atoms with Crippen LogP contribution in [0.4, 0.5) is 11.6 Å². The highest BCUT2D eigenvalue weighted by molar-refractivity contribution is 6.39. The van der Waals surface area contributed by atoms with Crippen LogP contribution in [0.15, 0.2) is 60.9 Å². The Balaban J connectivity index is 1.57. The van der Waals surface area contributed by atoms with Crippen LogP contribution < -0.4 is 10.6 Å². The predicted molar refractivity (Wildman–Crippen MR) is 116 cm³/mol. The number of nitrogens with zero attached hydrogens (tertiary/aromatic N) is 3. The van der Waals surface area contributed by atoms with Crippen molar-refractivity contribution in [3.8, 4) is 0 Å². The summed E-state index contributed by atoms with van der Waals surface area (Å²) in [5, 5.41) is 7.08. The molecule has 0 saturated carbocycles. The molecule has 0 bridgehead atoms. The molecule has 0 aliphatic carbocycles. The number of para-hydroxylation sites is 1. The molecule has 29 heavy (non-hydrogen) atoms. The maximum absolute atomic E-state index is 12.5. The quantitative estimate of drug-likeness (QED) is 0.474. The fourth-order valence-electron chi connectivity index (χ4n) is 2.97. The fraction of sp³-hybridized carbons (Fsp3) is 0.0952. The third-order valence-corrected chi connectivity index (χ3v) is 5.17. The van der Waals surface area contributed by atoms with Gasteiger partial charge in [0.2, 0.25) is 5.95 Å². The molecule has 4 aromatic rings. The minimum Gasteiger partial charge on any atom is -0.348 e. The molecule has 8 heteroatoms. The van der Waals surface area contributed by atoms with Gasteiger partial charge in [0.25, 0.3) is 5.91 Å². The largest absolute Gasteiger partial charge is 0.348 e. The maximum atomic E-state index is 12.5. The van der Waals surface area contributed by atoms with Crippen molar-refractivity contribution in [2.24, 2.45) is 7.05 Å². The lowest BCUT2D eigenvalue weighted by atomic mass is 10.2. The summed E-state index contributed by atoms with van der Waals surface area (Å²) < 4.78 is 1.88. The number of imidazole rings is 1. The summed E-state index contributed by atoms with van der Waals surface area (Å²) >= 11 is 12.5. The summed E-state index contributed by atoms with van der Waals surface area (Å²) in [7, 11) is 1.88. The van der Waals surface area contributed by atoms with Gasteiger partial charge in [-0.25, -0.2) is 4.98 Å². The van der Waals surface area contributed by atoms with Crippen molar-refractivity contribution in [2.45, 2.75) is 6.54 Å². The second-order valence-corrected chi connectivity index (χ2v) is 7.27. The molecule has 2 aromatic carbocycles. The summed E-state index contributed by atoms with van der Waals surface area (Å²) in [5.74, 6) is 0.405. The van der Waals surface area contributed by atoms with Gasteiger partial charge in [-0.05, 0) is 48.0 Å². The second kappa shape index (κ2) is 8.11. The normalized spacial score (nSPS) is 10.9. The molecule has 0 fully saturated rings. The van der Waals surface area contributed by atoms with Gasteiger partial charge in [-0.2, -0.15) is 0 Å². The number of fused-ring (bicyclic) bond motifs is 1. The van der Waals surface area contributed by atoms with E-state index in [0.717, 1.165) is 11.1 Å². The predicted octanol–water partition coefficient (Wildman–Crippen LogP) is 4.95. The summed E-state index contributed by atoms with van der Waals surface area (Å²) in [6.07, 6.45) is 3.39. The number of hydrogen-bond acceptors (Lipinski definition) is 4. The van der Waals surface area contributed by atoms with Crippen LogP contribution in [0.2, 0.25) is 10.0 Å². The van der Waals surface area contributed by atoms with Crippen molar-refractivity contribution in [3.63, 3.8) is 0 Å². The molecule has 0 aliphatic rings. The van der Waals surface area contributed by atoms with Crippen LogP contribution in [0, 0.1) is 0 Å². The molecule has 1 amide bonds. The minimum absolute atomic E-state index is 0.168. The first kappa shape index (κ1) is 19.2. The van der Waals surface area contributed by atoms with Crippen molar-refractivity contribution in [1.29, 1.82) is 0 Å². The Bertz CT molecular complexity index is 1170. The number of pyridine rings is 1. The number of halogens is 2. The molecule has 4 rings (SSSR count). The summed E-state index contributed by atoms with van der Waals surface area (Å²) in [5.41, 5.74) is 3.67. The zero-order valence-corrected chi connectivity index (χ0v) is 17.0. The Hall–Kier alpha value is -3.09. The van der Waals surface area contributed by atoms with Crippen LogP contribution >= 0.6 is 23.2 Å². The number of aromatic nitrogens is 3. The van der Waals surface area contributed by atoms with Gasteiger partial charge in [0.15, 0.2) is 0 Å². The topological polar surface area (TPSA) is 71.8 Å². The molecule has 0 unspecified atom stereocenters. The Morgan fingerprint density at radius 2 is 1.79 bits per heavy atom. The first-order valence-corrected chi connectivity index (χ1v) is 9.63. The van der Waals surface area contributed by atoms with E-state index in [-0.39, 0.29) is 5.91 Å². The van der Waals surface area contributed by atoms with E-state index in [1.807, 2.05) is 29.8 Å². The van der Waals surface area contributed by atoms with E-state index in [1.54, 1.807) is 42.7 Å². The number of nitrogens with one attached hydrogen (secondary N) is 2. The highest BCUT2D eigenvalue weighted by Gasteiger charge is 2.14. The number of aryl methyl sites for hydroxylation is 1. The molecule has 0 spiro atoms. The van der Waals surface area contributed by atoms with Crippen LogP contribution in [-0.2, 0) is 13.6 Å². The van der Waals surface area contributed by atoms with Gasteiger partial charge in [-0.3, -0.25) is 9.78 Å². The molecule has 6 nitrogen and oxygen atoms in total. The van der Waals surface area contributed by atoms with E-state index in [0.29, 0.717) is 39.3 Å². The Kier molecular flexibility index (Phi) is 5.38. The third-order valence-electron chi connectivity index (χ3n) is 4.55. The average molecular weight is 426 g/mol. The first-order valence-electron chi connectivity index (χ1n) is 8.87. The van der Waals surface area contributed by atoms with Crippen molar-refractivity contribution in [1.82, 2.24) is 19.9 Å². The third kappa shape index (κ3) is 4.04. The van der Waals surface area contributed by atoms with Gasteiger partial charge >= 0.3 is 0 Å². The number of carbonyl (C=O) groups excluding carboxylic acids is 1. The molecule has 2 N–H and O–H groups in total. The fourth-order valence-corrected chi connectivity index (χ4v) is 3.46. The standard InChI is InChI=1S/C21H17Cl2N5O/c1-28-18-6-5-14(20(29)25-12-13-7-9-24-10-8-13)11-17(18)26-21(28)27-19-15(22)3-2-4-16(19)23/h2-11H,12H2,1H3,(H,25,29)(H,26,27). The molecule has 0 radical (unpaired) electrons. The van der Waals surface area contributed by atoms with E-state index in [2.05, 4.69) is 20.6 Å². The Morgan fingerprint density at radius 1 is 1.07 bits per heavy atom. The van der Waals surface area contributed by atoms with Crippen LogP contribution in [0.3, 0.4) is 0 Å². The van der Waals surface area contributed by atoms with Crippen molar-refractivity contribution < 1.29 is 4.79 Å². The van der Waals surface area contributed by atoms with E-state index in [1.165, 1.54) is 0 Å². The van der Waals surface area contributed by atoms with Crippen molar-refractivity contribution in [2.75, 3.05) is 5.32 Å². The monoisotopic (exact) mass is 425 g/mol. The van der Waals surface area contributed by atoms with Gasteiger partial charge in [0.1, 0.15) is 0 Å². The van der Waals surface area contributed by atoms with E-state index < -0.39 is 0 Å². The molecule has 2 heterocycles. The van der Waals surface area contributed by atoms with Crippen molar-refractivity contribution in [3.05, 3.63) is 82.1 Å². The molecule has 0 aliphatic heterocycles. The number of benzene rings is 2. The molecule has 0 atom stereocenters. The number of hydrogen-bond donors (Lipinski definition) is 2. The smallest absolute Gasteiger partial charge is 0.251 e. The van der Waals surface area contributed by atoms with Crippen molar-refractivity contribution >= 4 is 51.8 Å². The lowest BCUT2D eigenvalue weighted by molar-refractivity contribution is 0.0951. The van der Waals surface area contributed by atoms with Gasteiger partial charge in [-0.15, -0.1) is 0 Å². The van der Waals surface area contributed by atoms with Crippen LogP contribution in [-0.4, -0.2) is 20.4 Å². The summed E-state index contributed by atoms with van der Waals surface area (Å²) in [6, 6.07) is 14.4. The van der Waals surface area contributed by atoms with E-state index >= 15 is 0 Å². The molecule has 146 valence electrons. The minimum atomic E-state index is -0.168. The maximum Gasteiger partial charge on any atom is 0.251 e. The highest BCUT2D eigenvalue weighted by Crippen LogP contribution is 2.33. The van der Waals surface area contributed by atoms with E-state index in [9.17, 15) is 4.79 Å². The number of rotatable bonds is 5. The summed E-state index contributed by atoms with van der Waals surface area (Å²) in [4.78, 5) is 21.1. The van der Waals surface area contributed by atoms with Gasteiger partial charge < -0.3 is 15.2 Å². The van der Waals surface area contributed by atoms with Gasteiger partial charge in [-0.1, -0.05) is 29.3 Å². The molecule has 2 aromatic heterocycles. The Labute approximate surface area is 177 Å². The Morgan fingerprint density at radius 3 is 2.52 bits per heavy atom. The van der Waals surface area contributed by atoms with Gasteiger partial charge in [0.05, 0.1) is 26.8 Å². The average Bonchev–Trinajstić information content (AvgIpc) is 3.04. The van der Waals surface area contributed by atoms with Crippen LogP contribution in [0.5, 0.6) is 0 Å². The number of carbonyl (C=O) groups is 1. The second-order valence-electron chi connectivity index (χ2n) is 6.46. The van der Waals surface area contributed by atoms with Crippen LogP contribution in [0.1, 0.15) is 15.9 Å². The lowest BCUT2D eigenvalue weighted by Gasteiger charge is -2.09. The SMILES string of the molecule is Cn1c(Nc2c(Cl)cccc2Cl)nc2cc(C(=O)NCc3ccncc3)ccc21. The highest BCUT2D eigenvalue weighted by atomic mass is 35.5. The first-order chi connectivity index (χ1) is 14.0. The van der Waals surface area contributed by atoms with Gasteiger partial charge in [0, 0.05) is 31.5 Å². The molecular weight excluding hydrogens is 409 g/mol. The lowest BCUT2D eigenvalue weighted by Crippen LogP contribution is -2.22. The summed E-state index contributed by atoms with van der Waals surface area (Å²) in [6.45, 7) is 0.430. The molecular formula is C21H17Cl2N5O. The van der Waals surface area contributed by atoms with E-state index in [4.69, 9.17) is 23.2 Å². The number of anilines is 2. The number of amides is 1. The van der Waals surface area contributed by atoms with Crippen LogP contribution in [0.25, 0.3) is 11.0 Å². The zero-order chi connectivity index (χ0) is 20.4. The molecule has 0 saturated heterocycles. The zero-order valence-electron chi connectivity index (χ0n) is 15.5.